The van der Waals surface area contributed by atoms with Gasteiger partial charge in [-0.25, -0.2) is 5.43 Å². The van der Waals surface area contributed by atoms with E-state index < -0.39 is 0 Å². The molecule has 1 aliphatic heterocycles. The second-order valence-corrected chi connectivity index (χ2v) is 6.20. The Hall–Kier alpha value is -1.46. The fourth-order valence-corrected chi connectivity index (χ4v) is 2.90. The maximum Gasteiger partial charge on any atom is 0.234 e. The summed E-state index contributed by atoms with van der Waals surface area (Å²) in [6.07, 6.45) is 4.76. The molecule has 0 spiro atoms. The molecule has 2 rings (SSSR count). The van der Waals surface area contributed by atoms with Gasteiger partial charge in [-0.15, -0.1) is 11.8 Å². The highest BCUT2D eigenvalue weighted by molar-refractivity contribution is 7.98. The third-order valence-corrected chi connectivity index (χ3v) is 4.49. The molecule has 1 heterocycles. The van der Waals surface area contributed by atoms with Crippen molar-refractivity contribution in [2.45, 2.75) is 31.2 Å². The monoisotopic (exact) mass is 306 g/mol. The first kappa shape index (κ1) is 15.9. The van der Waals surface area contributed by atoms with E-state index in [0.29, 0.717) is 6.42 Å². The Morgan fingerprint density at radius 2 is 2.24 bits per heavy atom. The van der Waals surface area contributed by atoms with Crippen LogP contribution in [0.25, 0.3) is 5.57 Å². The van der Waals surface area contributed by atoms with E-state index in [1.807, 2.05) is 6.07 Å². The smallest absolute Gasteiger partial charge is 0.234 e. The second-order valence-electron chi connectivity index (χ2n) is 5.32. The summed E-state index contributed by atoms with van der Waals surface area (Å²) in [5.41, 5.74) is 8.00. The molecular formula is C16H22N2O2S. The van der Waals surface area contributed by atoms with Gasteiger partial charge in [-0.3, -0.25) is 10.2 Å². The van der Waals surface area contributed by atoms with Crippen LogP contribution >= 0.6 is 11.8 Å². The number of rotatable bonds is 4. The largest absolute Gasteiger partial charge is 0.496 e. The molecule has 1 aromatic carbocycles. The van der Waals surface area contributed by atoms with Gasteiger partial charge in [0.2, 0.25) is 5.91 Å². The lowest BCUT2D eigenvalue weighted by Crippen LogP contribution is -2.52. The normalized spacial score (nSPS) is 22.9. The number of ether oxygens (including phenoxy) is 1. The summed E-state index contributed by atoms with van der Waals surface area (Å²) in [6, 6.07) is 6.33. The van der Waals surface area contributed by atoms with Gasteiger partial charge in [-0.2, -0.15) is 0 Å². The standard InChI is InChI=1S/C16H22N2O2S/c1-10(7-14-11(2)8-16(19)18-17-14)13-9-12(21-4)5-6-15(13)20-3/h5-7,9,11,14,17H,8H2,1-4H3,(H,18,19)/b10-7+. The topological polar surface area (TPSA) is 50.4 Å². The van der Waals surface area contributed by atoms with Crippen molar-refractivity contribution in [3.05, 3.63) is 29.8 Å². The van der Waals surface area contributed by atoms with E-state index in [9.17, 15) is 4.79 Å². The van der Waals surface area contributed by atoms with Crippen LogP contribution in [0.1, 0.15) is 25.8 Å². The number of hydrogen-bond acceptors (Lipinski definition) is 4. The minimum absolute atomic E-state index is 0.0479. The number of amides is 1. The first-order valence-electron chi connectivity index (χ1n) is 7.00. The van der Waals surface area contributed by atoms with Gasteiger partial charge in [0.05, 0.1) is 7.11 Å². The number of carbonyl (C=O) groups excluding carboxylic acids is 1. The van der Waals surface area contributed by atoms with Crippen LogP contribution in [0.3, 0.4) is 0 Å². The minimum Gasteiger partial charge on any atom is -0.496 e. The van der Waals surface area contributed by atoms with Crippen molar-refractivity contribution in [3.63, 3.8) is 0 Å². The van der Waals surface area contributed by atoms with Gasteiger partial charge in [0.1, 0.15) is 5.75 Å². The molecular weight excluding hydrogens is 284 g/mol. The average molecular weight is 306 g/mol. The molecule has 0 aliphatic carbocycles. The maximum absolute atomic E-state index is 11.3. The van der Waals surface area contributed by atoms with Crippen LogP contribution in [0.15, 0.2) is 29.2 Å². The van der Waals surface area contributed by atoms with Crippen molar-refractivity contribution >= 4 is 23.2 Å². The Kier molecular flexibility index (Phi) is 5.31. The molecule has 5 heteroatoms. The van der Waals surface area contributed by atoms with Crippen molar-refractivity contribution in [3.8, 4) is 5.75 Å². The molecule has 4 nitrogen and oxygen atoms in total. The SMILES string of the molecule is COc1ccc(SC)cc1/C(C)=C/C1NNC(=O)CC1C. The zero-order valence-electron chi connectivity index (χ0n) is 12.9. The molecule has 0 radical (unpaired) electrons. The number of hydrogen-bond donors (Lipinski definition) is 2. The zero-order valence-corrected chi connectivity index (χ0v) is 13.7. The van der Waals surface area contributed by atoms with Crippen LogP contribution in [0.2, 0.25) is 0 Å². The number of methoxy groups -OCH3 is 1. The fraction of sp³-hybridized carbons (Fsp3) is 0.438. The van der Waals surface area contributed by atoms with Crippen molar-refractivity contribution < 1.29 is 9.53 Å². The lowest BCUT2D eigenvalue weighted by atomic mass is 9.93. The molecule has 21 heavy (non-hydrogen) atoms. The highest BCUT2D eigenvalue weighted by atomic mass is 32.2. The van der Waals surface area contributed by atoms with Crippen LogP contribution in [-0.4, -0.2) is 25.3 Å². The molecule has 1 amide bonds. The molecule has 1 fully saturated rings. The van der Waals surface area contributed by atoms with E-state index in [0.717, 1.165) is 16.9 Å². The molecule has 2 unspecified atom stereocenters. The van der Waals surface area contributed by atoms with Crippen LogP contribution in [0.5, 0.6) is 5.75 Å². The van der Waals surface area contributed by atoms with Crippen molar-refractivity contribution in [2.24, 2.45) is 5.92 Å². The van der Waals surface area contributed by atoms with Crippen LogP contribution in [-0.2, 0) is 4.79 Å². The van der Waals surface area contributed by atoms with E-state index in [1.54, 1.807) is 18.9 Å². The minimum atomic E-state index is 0.0479. The van der Waals surface area contributed by atoms with Crippen molar-refractivity contribution in [1.29, 1.82) is 0 Å². The molecule has 1 aliphatic rings. The molecule has 0 bridgehead atoms. The van der Waals surface area contributed by atoms with Crippen LogP contribution in [0, 0.1) is 5.92 Å². The molecule has 1 saturated heterocycles. The van der Waals surface area contributed by atoms with E-state index in [2.05, 4.69) is 49.2 Å². The lowest BCUT2D eigenvalue weighted by molar-refractivity contribution is -0.125. The lowest BCUT2D eigenvalue weighted by Gasteiger charge is -2.28. The van der Waals surface area contributed by atoms with Gasteiger partial charge >= 0.3 is 0 Å². The third-order valence-electron chi connectivity index (χ3n) is 3.76. The predicted octanol–water partition coefficient (Wildman–Crippen LogP) is 2.85. The highest BCUT2D eigenvalue weighted by Crippen LogP contribution is 2.31. The first-order chi connectivity index (χ1) is 10.0. The Balaban J connectivity index is 2.27. The molecule has 2 atom stereocenters. The van der Waals surface area contributed by atoms with E-state index in [4.69, 9.17) is 4.74 Å². The Morgan fingerprint density at radius 3 is 2.86 bits per heavy atom. The molecule has 1 aromatic rings. The maximum atomic E-state index is 11.3. The number of allylic oxidation sites excluding steroid dienone is 1. The molecule has 0 aromatic heterocycles. The van der Waals surface area contributed by atoms with E-state index >= 15 is 0 Å². The highest BCUT2D eigenvalue weighted by Gasteiger charge is 2.24. The van der Waals surface area contributed by atoms with Crippen LogP contribution < -0.4 is 15.6 Å². The summed E-state index contributed by atoms with van der Waals surface area (Å²) in [6.45, 7) is 4.16. The van der Waals surface area contributed by atoms with Crippen molar-refractivity contribution in [1.82, 2.24) is 10.9 Å². The van der Waals surface area contributed by atoms with Gasteiger partial charge in [0.25, 0.3) is 0 Å². The van der Waals surface area contributed by atoms with Crippen molar-refractivity contribution in [2.75, 3.05) is 13.4 Å². The van der Waals surface area contributed by atoms with E-state index in [-0.39, 0.29) is 17.9 Å². The average Bonchev–Trinajstić information content (AvgIpc) is 2.49. The summed E-state index contributed by atoms with van der Waals surface area (Å²) < 4.78 is 5.46. The summed E-state index contributed by atoms with van der Waals surface area (Å²) in [4.78, 5) is 12.5. The summed E-state index contributed by atoms with van der Waals surface area (Å²) >= 11 is 1.71. The number of hydrazine groups is 1. The van der Waals surface area contributed by atoms with Gasteiger partial charge in [0, 0.05) is 22.9 Å². The van der Waals surface area contributed by atoms with Gasteiger partial charge < -0.3 is 4.74 Å². The summed E-state index contributed by atoms with van der Waals surface area (Å²) in [5, 5.41) is 0. The number of thioether (sulfide) groups is 1. The second kappa shape index (κ2) is 7.00. The summed E-state index contributed by atoms with van der Waals surface area (Å²) in [5.74, 6) is 1.18. The van der Waals surface area contributed by atoms with Gasteiger partial charge in [0.15, 0.2) is 0 Å². The molecule has 2 N–H and O–H groups in total. The van der Waals surface area contributed by atoms with E-state index in [1.165, 1.54) is 4.90 Å². The van der Waals surface area contributed by atoms with Gasteiger partial charge in [-0.1, -0.05) is 13.0 Å². The number of carbonyl (C=O) groups is 1. The van der Waals surface area contributed by atoms with Crippen LogP contribution in [0.4, 0.5) is 0 Å². The molecule has 0 saturated carbocycles. The Morgan fingerprint density at radius 1 is 1.48 bits per heavy atom. The Labute approximate surface area is 130 Å². The Bertz CT molecular complexity index is 557. The third kappa shape index (κ3) is 3.80. The number of benzene rings is 1. The fourth-order valence-electron chi connectivity index (χ4n) is 2.46. The zero-order chi connectivity index (χ0) is 15.4. The molecule has 114 valence electrons. The first-order valence-corrected chi connectivity index (χ1v) is 8.22. The number of nitrogens with one attached hydrogen (secondary N) is 2. The quantitative estimate of drug-likeness (QED) is 0.840. The predicted molar refractivity (Wildman–Crippen MR) is 87.3 cm³/mol. The van der Waals surface area contributed by atoms with Gasteiger partial charge in [-0.05, 0) is 42.9 Å². The summed E-state index contributed by atoms with van der Waals surface area (Å²) in [7, 11) is 1.69.